The van der Waals surface area contributed by atoms with Crippen LogP contribution in [0.15, 0.2) is 0 Å². The molecular weight excluding hydrogens is 268 g/mol. The number of nitrogens with zero attached hydrogens (tertiary/aromatic N) is 1. The summed E-state index contributed by atoms with van der Waals surface area (Å²) in [6.45, 7) is 3.89. The predicted octanol–water partition coefficient (Wildman–Crippen LogP) is 2.52. The molecule has 0 aromatic heterocycles. The van der Waals surface area contributed by atoms with Crippen molar-refractivity contribution in [3.05, 3.63) is 0 Å². The van der Waals surface area contributed by atoms with Crippen LogP contribution < -0.4 is 0 Å². The summed E-state index contributed by atoms with van der Waals surface area (Å²) in [5.41, 5.74) is 0.00374. The Balaban J connectivity index is 2.52. The van der Waals surface area contributed by atoms with Gasteiger partial charge in [0.15, 0.2) is 0 Å². The molecule has 1 aliphatic carbocycles. The van der Waals surface area contributed by atoms with E-state index in [0.29, 0.717) is 11.9 Å². The number of carbonyl (C=O) groups is 1. The van der Waals surface area contributed by atoms with Crippen LogP contribution in [0.4, 0.5) is 8.78 Å². The van der Waals surface area contributed by atoms with Crippen LogP contribution in [0.5, 0.6) is 0 Å². The van der Waals surface area contributed by atoms with Crippen molar-refractivity contribution < 1.29 is 13.6 Å². The smallest absolute Gasteiger partial charge is 0.255 e. The molecule has 0 aliphatic heterocycles. The molecule has 2 nitrogen and oxygen atoms in total. The standard InChI is InChI=1S/C10H16BrF2NO/c1-10(2)5-7(10)9(15)14(4-3-11)6-8(12)13/h7-8H,3-6H2,1-2H3. The summed E-state index contributed by atoms with van der Waals surface area (Å²) in [5, 5.41) is 0.540. The third-order valence-electron chi connectivity index (χ3n) is 2.84. The zero-order chi connectivity index (χ0) is 11.6. The molecule has 0 aromatic carbocycles. The first-order valence-electron chi connectivity index (χ1n) is 5.01. The fourth-order valence-corrected chi connectivity index (χ4v) is 2.10. The molecule has 0 bridgehead atoms. The predicted molar refractivity (Wildman–Crippen MR) is 58.3 cm³/mol. The summed E-state index contributed by atoms with van der Waals surface area (Å²) >= 11 is 3.17. The maximum absolute atomic E-state index is 12.2. The van der Waals surface area contributed by atoms with Gasteiger partial charge in [0.1, 0.15) is 0 Å². The van der Waals surface area contributed by atoms with Crippen LogP contribution >= 0.6 is 15.9 Å². The van der Waals surface area contributed by atoms with Gasteiger partial charge in [0.05, 0.1) is 6.54 Å². The minimum absolute atomic E-state index is 0.00374. The lowest BCUT2D eigenvalue weighted by molar-refractivity contribution is -0.134. The quantitative estimate of drug-likeness (QED) is 0.710. The molecule has 0 saturated heterocycles. The van der Waals surface area contributed by atoms with Crippen LogP contribution in [0, 0.1) is 11.3 Å². The van der Waals surface area contributed by atoms with E-state index in [1.165, 1.54) is 4.90 Å². The molecule has 15 heavy (non-hydrogen) atoms. The third-order valence-corrected chi connectivity index (χ3v) is 3.19. The van der Waals surface area contributed by atoms with Gasteiger partial charge >= 0.3 is 0 Å². The summed E-state index contributed by atoms with van der Waals surface area (Å²) in [5.74, 6) is -0.185. The Bertz CT molecular complexity index is 246. The SMILES string of the molecule is CC1(C)CC1C(=O)N(CCBr)CC(F)F. The van der Waals surface area contributed by atoms with E-state index in [0.717, 1.165) is 6.42 Å². The summed E-state index contributed by atoms with van der Waals surface area (Å²) in [6.07, 6.45) is -1.64. The molecule has 88 valence electrons. The van der Waals surface area contributed by atoms with Crippen LogP contribution in [0.1, 0.15) is 20.3 Å². The molecule has 1 aliphatic rings. The molecule has 1 amide bonds. The van der Waals surface area contributed by atoms with Crippen molar-refractivity contribution >= 4 is 21.8 Å². The molecule has 5 heteroatoms. The second-order valence-electron chi connectivity index (χ2n) is 4.61. The molecule has 0 aromatic rings. The Morgan fingerprint density at radius 3 is 2.47 bits per heavy atom. The van der Waals surface area contributed by atoms with Crippen LogP contribution in [0.3, 0.4) is 0 Å². The van der Waals surface area contributed by atoms with Crippen molar-refractivity contribution in [2.75, 3.05) is 18.4 Å². The fourth-order valence-electron chi connectivity index (χ4n) is 1.67. The molecule has 1 fully saturated rings. The highest BCUT2D eigenvalue weighted by atomic mass is 79.9. The Kier molecular flexibility index (Phi) is 4.09. The minimum Gasteiger partial charge on any atom is -0.336 e. The Labute approximate surface area is 97.1 Å². The van der Waals surface area contributed by atoms with Crippen LogP contribution in [-0.2, 0) is 4.79 Å². The van der Waals surface area contributed by atoms with Gasteiger partial charge in [0, 0.05) is 17.8 Å². The zero-order valence-corrected chi connectivity index (χ0v) is 10.6. The highest BCUT2D eigenvalue weighted by molar-refractivity contribution is 9.09. The first-order chi connectivity index (χ1) is 6.88. The average Bonchev–Trinajstić information content (AvgIpc) is 2.72. The molecule has 0 radical (unpaired) electrons. The maximum atomic E-state index is 12.2. The third kappa shape index (κ3) is 3.40. The van der Waals surface area contributed by atoms with Crippen molar-refractivity contribution in [3.63, 3.8) is 0 Å². The Hall–Kier alpha value is -0.190. The first kappa shape index (κ1) is 12.9. The first-order valence-corrected chi connectivity index (χ1v) is 6.13. The molecule has 1 unspecified atom stereocenters. The summed E-state index contributed by atoms with van der Waals surface area (Å²) in [7, 11) is 0. The molecule has 0 heterocycles. The van der Waals surface area contributed by atoms with Gasteiger partial charge in [-0.15, -0.1) is 0 Å². The number of carbonyl (C=O) groups excluding carboxylic acids is 1. The highest BCUT2D eigenvalue weighted by Gasteiger charge is 2.51. The lowest BCUT2D eigenvalue weighted by Crippen LogP contribution is -2.38. The maximum Gasteiger partial charge on any atom is 0.255 e. The van der Waals surface area contributed by atoms with Gasteiger partial charge < -0.3 is 4.90 Å². The van der Waals surface area contributed by atoms with Crippen LogP contribution in [0.25, 0.3) is 0 Å². The number of amides is 1. The summed E-state index contributed by atoms with van der Waals surface area (Å²) < 4.78 is 24.5. The van der Waals surface area contributed by atoms with Crippen molar-refractivity contribution in [3.8, 4) is 0 Å². The van der Waals surface area contributed by atoms with Crippen LogP contribution in [0.2, 0.25) is 0 Å². The van der Waals surface area contributed by atoms with Crippen molar-refractivity contribution in [1.29, 1.82) is 0 Å². The number of halogens is 3. The normalized spacial score (nSPS) is 22.9. The van der Waals surface area contributed by atoms with Gasteiger partial charge in [0.2, 0.25) is 5.91 Å². The Morgan fingerprint density at radius 2 is 2.13 bits per heavy atom. The van der Waals surface area contributed by atoms with Crippen molar-refractivity contribution in [2.45, 2.75) is 26.7 Å². The number of alkyl halides is 3. The number of rotatable bonds is 5. The summed E-state index contributed by atoms with van der Waals surface area (Å²) in [4.78, 5) is 13.1. The van der Waals surface area contributed by atoms with Gasteiger partial charge in [-0.3, -0.25) is 4.79 Å². The van der Waals surface area contributed by atoms with E-state index in [1.54, 1.807) is 0 Å². The molecular formula is C10H16BrF2NO. The van der Waals surface area contributed by atoms with Gasteiger partial charge in [0.25, 0.3) is 6.43 Å². The molecule has 0 N–H and O–H groups in total. The summed E-state index contributed by atoms with van der Waals surface area (Å²) in [6, 6.07) is 0. The van der Waals surface area contributed by atoms with E-state index < -0.39 is 13.0 Å². The average molecular weight is 284 g/mol. The second kappa shape index (κ2) is 4.76. The van der Waals surface area contributed by atoms with E-state index >= 15 is 0 Å². The van der Waals surface area contributed by atoms with E-state index in [9.17, 15) is 13.6 Å². The minimum atomic E-state index is -2.45. The molecule has 1 atom stereocenters. The van der Waals surface area contributed by atoms with E-state index in [-0.39, 0.29) is 17.2 Å². The van der Waals surface area contributed by atoms with Gasteiger partial charge in [-0.2, -0.15) is 0 Å². The molecule has 1 rings (SSSR count). The number of hydrogen-bond acceptors (Lipinski definition) is 1. The largest absolute Gasteiger partial charge is 0.336 e. The van der Waals surface area contributed by atoms with Crippen molar-refractivity contribution in [2.24, 2.45) is 11.3 Å². The van der Waals surface area contributed by atoms with E-state index in [4.69, 9.17) is 0 Å². The fraction of sp³-hybridized carbons (Fsp3) is 0.900. The monoisotopic (exact) mass is 283 g/mol. The number of hydrogen-bond donors (Lipinski definition) is 0. The molecule has 0 spiro atoms. The lowest BCUT2D eigenvalue weighted by Gasteiger charge is -2.22. The molecule has 1 saturated carbocycles. The second-order valence-corrected chi connectivity index (χ2v) is 5.40. The van der Waals surface area contributed by atoms with Crippen LogP contribution in [-0.4, -0.2) is 35.7 Å². The Morgan fingerprint density at radius 1 is 1.60 bits per heavy atom. The zero-order valence-electron chi connectivity index (χ0n) is 8.97. The van der Waals surface area contributed by atoms with Gasteiger partial charge in [-0.1, -0.05) is 29.8 Å². The topological polar surface area (TPSA) is 20.3 Å². The highest BCUT2D eigenvalue weighted by Crippen LogP contribution is 2.52. The lowest BCUT2D eigenvalue weighted by atomic mass is 10.1. The van der Waals surface area contributed by atoms with Crippen molar-refractivity contribution in [1.82, 2.24) is 4.90 Å². The van der Waals surface area contributed by atoms with E-state index in [2.05, 4.69) is 15.9 Å². The van der Waals surface area contributed by atoms with Gasteiger partial charge in [-0.25, -0.2) is 8.78 Å². The van der Waals surface area contributed by atoms with Gasteiger partial charge in [-0.05, 0) is 11.8 Å². The van der Waals surface area contributed by atoms with E-state index in [1.807, 2.05) is 13.8 Å².